The highest BCUT2D eigenvalue weighted by atomic mass is 79.9. The fourth-order valence-corrected chi connectivity index (χ4v) is 3.62. The van der Waals surface area contributed by atoms with E-state index >= 15 is 0 Å². The van der Waals surface area contributed by atoms with Gasteiger partial charge in [-0.15, -0.1) is 11.3 Å². The molecule has 0 aliphatic heterocycles. The summed E-state index contributed by atoms with van der Waals surface area (Å²) >= 11 is 4.48. The Morgan fingerprint density at radius 1 is 1.19 bits per heavy atom. The van der Waals surface area contributed by atoms with Crippen LogP contribution in [0.5, 0.6) is 0 Å². The molecule has 0 atom stereocenters. The second-order valence-electron chi connectivity index (χ2n) is 3.05. The van der Waals surface area contributed by atoms with Gasteiger partial charge in [0, 0.05) is 10.2 Å². The summed E-state index contributed by atoms with van der Waals surface area (Å²) in [7, 11) is -3.44. The molecule has 0 bridgehead atoms. The molecule has 0 amide bonds. The van der Waals surface area contributed by atoms with E-state index in [0.717, 1.165) is 4.47 Å². The number of anilines is 1. The van der Waals surface area contributed by atoms with Crippen LogP contribution in [0.1, 0.15) is 0 Å². The van der Waals surface area contributed by atoms with Crippen LogP contribution in [0.3, 0.4) is 0 Å². The third-order valence-corrected chi connectivity index (χ3v) is 5.11. The zero-order valence-electron chi connectivity index (χ0n) is 8.05. The summed E-state index contributed by atoms with van der Waals surface area (Å²) in [5, 5.41) is 1.73. The van der Waals surface area contributed by atoms with Crippen LogP contribution in [0, 0.1) is 0 Å². The molecule has 84 valence electrons. The first-order valence-corrected chi connectivity index (χ1v) is 7.55. The van der Waals surface area contributed by atoms with Crippen molar-refractivity contribution in [2.75, 3.05) is 4.72 Å². The third-order valence-electron chi connectivity index (χ3n) is 1.84. The lowest BCUT2D eigenvalue weighted by Crippen LogP contribution is -2.11. The summed E-state index contributed by atoms with van der Waals surface area (Å²) in [6.45, 7) is 0. The van der Waals surface area contributed by atoms with Gasteiger partial charge in [-0.3, -0.25) is 4.72 Å². The van der Waals surface area contributed by atoms with E-state index in [9.17, 15) is 8.42 Å². The van der Waals surface area contributed by atoms with Gasteiger partial charge in [-0.1, -0.05) is 28.1 Å². The SMILES string of the molecule is O=S(=O)(Nc1cccc(Br)c1)c1cccs1. The Kier molecular flexibility index (Phi) is 3.32. The van der Waals surface area contributed by atoms with Gasteiger partial charge in [-0.05, 0) is 29.6 Å². The third kappa shape index (κ3) is 2.63. The van der Waals surface area contributed by atoms with Crippen molar-refractivity contribution in [1.82, 2.24) is 0 Å². The first-order valence-electron chi connectivity index (χ1n) is 4.40. The first-order chi connectivity index (χ1) is 7.58. The van der Waals surface area contributed by atoms with E-state index in [1.165, 1.54) is 11.3 Å². The minimum absolute atomic E-state index is 0.312. The zero-order chi connectivity index (χ0) is 11.6. The molecule has 0 aliphatic carbocycles. The molecule has 0 saturated heterocycles. The van der Waals surface area contributed by atoms with Crippen molar-refractivity contribution in [2.45, 2.75) is 4.21 Å². The number of nitrogens with one attached hydrogen (secondary N) is 1. The number of sulfonamides is 1. The first kappa shape index (κ1) is 11.6. The molecule has 0 aliphatic rings. The lowest BCUT2D eigenvalue weighted by Gasteiger charge is -2.05. The van der Waals surface area contributed by atoms with Crippen molar-refractivity contribution >= 4 is 43.0 Å². The molecule has 0 spiro atoms. The lowest BCUT2D eigenvalue weighted by molar-refractivity contribution is 0.603. The highest BCUT2D eigenvalue weighted by molar-refractivity contribution is 9.10. The van der Waals surface area contributed by atoms with Gasteiger partial charge in [-0.25, -0.2) is 8.42 Å². The molecule has 1 aromatic carbocycles. The van der Waals surface area contributed by atoms with Gasteiger partial charge in [-0.2, -0.15) is 0 Å². The van der Waals surface area contributed by atoms with Crippen LogP contribution < -0.4 is 4.72 Å². The minimum Gasteiger partial charge on any atom is -0.279 e. The van der Waals surface area contributed by atoms with Gasteiger partial charge in [0.2, 0.25) is 0 Å². The predicted octanol–water partition coefficient (Wildman–Crippen LogP) is 3.31. The standard InChI is InChI=1S/C10H8BrNO2S2/c11-8-3-1-4-9(7-8)12-16(13,14)10-5-2-6-15-10/h1-7,12H. The average Bonchev–Trinajstić information content (AvgIpc) is 2.69. The van der Waals surface area contributed by atoms with E-state index in [0.29, 0.717) is 9.90 Å². The van der Waals surface area contributed by atoms with Crippen LogP contribution >= 0.6 is 27.3 Å². The monoisotopic (exact) mass is 317 g/mol. The Morgan fingerprint density at radius 3 is 2.62 bits per heavy atom. The summed E-state index contributed by atoms with van der Waals surface area (Å²) in [6, 6.07) is 10.3. The van der Waals surface area contributed by atoms with Gasteiger partial charge in [0.05, 0.1) is 0 Å². The van der Waals surface area contributed by atoms with E-state index < -0.39 is 10.0 Å². The molecule has 16 heavy (non-hydrogen) atoms. The van der Waals surface area contributed by atoms with Gasteiger partial charge in [0.25, 0.3) is 10.0 Å². The number of halogens is 1. The fraction of sp³-hybridized carbons (Fsp3) is 0. The second kappa shape index (κ2) is 4.57. The van der Waals surface area contributed by atoms with Crippen LogP contribution in [0.15, 0.2) is 50.5 Å². The topological polar surface area (TPSA) is 46.2 Å². The highest BCUT2D eigenvalue weighted by Gasteiger charge is 2.14. The maximum absolute atomic E-state index is 11.9. The Hall–Kier alpha value is -0.850. The summed E-state index contributed by atoms with van der Waals surface area (Å²) in [5.41, 5.74) is 0.544. The molecule has 3 nitrogen and oxygen atoms in total. The molecule has 2 aromatic rings. The minimum atomic E-state index is -3.44. The molecule has 0 fully saturated rings. The smallest absolute Gasteiger partial charge is 0.271 e. The Balaban J connectivity index is 2.29. The zero-order valence-corrected chi connectivity index (χ0v) is 11.3. The van der Waals surface area contributed by atoms with E-state index in [2.05, 4.69) is 20.7 Å². The normalized spacial score (nSPS) is 11.3. The van der Waals surface area contributed by atoms with E-state index in [-0.39, 0.29) is 0 Å². The van der Waals surface area contributed by atoms with Crippen molar-refractivity contribution in [3.63, 3.8) is 0 Å². The van der Waals surface area contributed by atoms with Crippen molar-refractivity contribution in [2.24, 2.45) is 0 Å². The largest absolute Gasteiger partial charge is 0.279 e. The van der Waals surface area contributed by atoms with E-state index in [4.69, 9.17) is 0 Å². The Morgan fingerprint density at radius 2 is 2.00 bits per heavy atom. The number of hydrogen-bond donors (Lipinski definition) is 1. The molecular formula is C10H8BrNO2S2. The van der Waals surface area contributed by atoms with Crippen molar-refractivity contribution in [1.29, 1.82) is 0 Å². The highest BCUT2D eigenvalue weighted by Crippen LogP contribution is 2.22. The van der Waals surface area contributed by atoms with Crippen LogP contribution in [-0.2, 0) is 10.0 Å². The Bertz CT molecular complexity index is 579. The molecule has 2 rings (SSSR count). The van der Waals surface area contributed by atoms with Crippen molar-refractivity contribution in [3.05, 3.63) is 46.3 Å². The maximum Gasteiger partial charge on any atom is 0.271 e. The molecule has 1 heterocycles. The maximum atomic E-state index is 11.9. The Labute approximate surface area is 106 Å². The fourth-order valence-electron chi connectivity index (χ4n) is 1.17. The predicted molar refractivity (Wildman–Crippen MR) is 69.3 cm³/mol. The van der Waals surface area contributed by atoms with E-state index in [1.807, 2.05) is 6.07 Å². The summed E-state index contributed by atoms with van der Waals surface area (Å²) in [5.74, 6) is 0. The summed E-state index contributed by atoms with van der Waals surface area (Å²) in [6.07, 6.45) is 0. The molecule has 0 radical (unpaired) electrons. The van der Waals surface area contributed by atoms with Crippen LogP contribution in [0.4, 0.5) is 5.69 Å². The molecule has 0 unspecified atom stereocenters. The molecule has 1 aromatic heterocycles. The number of benzene rings is 1. The molecular weight excluding hydrogens is 310 g/mol. The molecule has 6 heteroatoms. The summed E-state index contributed by atoms with van der Waals surface area (Å²) < 4.78 is 27.4. The average molecular weight is 318 g/mol. The number of thiophene rings is 1. The summed E-state index contributed by atoms with van der Waals surface area (Å²) in [4.78, 5) is 0. The van der Waals surface area contributed by atoms with Gasteiger partial charge >= 0.3 is 0 Å². The molecule has 0 saturated carbocycles. The molecule has 1 N–H and O–H groups in total. The van der Waals surface area contributed by atoms with Gasteiger partial charge in [0.1, 0.15) is 4.21 Å². The van der Waals surface area contributed by atoms with E-state index in [1.54, 1.807) is 35.7 Å². The van der Waals surface area contributed by atoms with Gasteiger partial charge < -0.3 is 0 Å². The van der Waals surface area contributed by atoms with Crippen LogP contribution in [-0.4, -0.2) is 8.42 Å². The quantitative estimate of drug-likeness (QED) is 0.944. The van der Waals surface area contributed by atoms with Crippen molar-refractivity contribution in [3.8, 4) is 0 Å². The van der Waals surface area contributed by atoms with Crippen molar-refractivity contribution < 1.29 is 8.42 Å². The van der Waals surface area contributed by atoms with Gasteiger partial charge in [0.15, 0.2) is 0 Å². The second-order valence-corrected chi connectivity index (χ2v) is 6.82. The van der Waals surface area contributed by atoms with Crippen LogP contribution in [0.2, 0.25) is 0 Å². The lowest BCUT2D eigenvalue weighted by atomic mass is 10.3. The van der Waals surface area contributed by atoms with Crippen LogP contribution in [0.25, 0.3) is 0 Å². The number of hydrogen-bond acceptors (Lipinski definition) is 3. The number of rotatable bonds is 3.